The minimum absolute atomic E-state index is 0.0844. The first-order valence-electron chi connectivity index (χ1n) is 5.29. The van der Waals surface area contributed by atoms with Crippen LogP contribution in [0.2, 0.25) is 0 Å². The highest BCUT2D eigenvalue weighted by Gasteiger charge is 2.15. The van der Waals surface area contributed by atoms with Crippen LogP contribution in [-0.2, 0) is 4.79 Å². The number of piperidine rings is 1. The topological polar surface area (TPSA) is 66.4 Å². The Hall–Kier alpha value is -1.91. The van der Waals surface area contributed by atoms with Gasteiger partial charge < -0.3 is 5.32 Å². The highest BCUT2D eigenvalue weighted by Crippen LogP contribution is 2.06. The maximum absolute atomic E-state index is 11.4. The Kier molecular flexibility index (Phi) is 3.14. The fraction of sp³-hybridized carbons (Fsp3) is 0.364. The van der Waals surface area contributed by atoms with Gasteiger partial charge in [0.05, 0.1) is 11.9 Å². The lowest BCUT2D eigenvalue weighted by Crippen LogP contribution is -2.37. The van der Waals surface area contributed by atoms with E-state index in [1.807, 2.05) is 19.1 Å². The molecule has 1 saturated heterocycles. The predicted molar refractivity (Wildman–Crippen MR) is 62.3 cm³/mol. The maximum Gasteiger partial charge on any atom is 0.267 e. The van der Waals surface area contributed by atoms with Crippen molar-refractivity contribution in [2.45, 2.75) is 19.8 Å². The van der Waals surface area contributed by atoms with E-state index in [9.17, 15) is 4.79 Å². The molecule has 0 aliphatic carbocycles. The Morgan fingerprint density at radius 1 is 1.50 bits per heavy atom. The number of aromatic nitrogens is 1. The number of carbonyl (C=O) groups excluding carboxylic acids is 1. The van der Waals surface area contributed by atoms with Crippen molar-refractivity contribution in [3.05, 3.63) is 24.0 Å². The lowest BCUT2D eigenvalue weighted by Gasteiger charge is -2.13. The zero-order chi connectivity index (χ0) is 11.4. The molecule has 1 aliphatic heterocycles. The molecule has 5 nitrogen and oxygen atoms in total. The van der Waals surface area contributed by atoms with Crippen molar-refractivity contribution < 1.29 is 4.79 Å². The molecule has 2 rings (SSSR count). The molecule has 0 saturated carbocycles. The number of amides is 1. The normalized spacial score (nSPS) is 18.3. The number of rotatable bonds is 2. The lowest BCUT2D eigenvalue weighted by molar-refractivity contribution is -0.115. The number of nitrogens with one attached hydrogen (secondary N) is 2. The molecule has 0 spiro atoms. The van der Waals surface area contributed by atoms with E-state index in [2.05, 4.69) is 20.8 Å². The van der Waals surface area contributed by atoms with Gasteiger partial charge in [-0.3, -0.25) is 15.2 Å². The Balaban J connectivity index is 2.02. The molecule has 1 amide bonds. The minimum atomic E-state index is -0.0844. The Morgan fingerprint density at radius 3 is 3.06 bits per heavy atom. The van der Waals surface area contributed by atoms with Crippen molar-refractivity contribution in [2.24, 2.45) is 5.10 Å². The van der Waals surface area contributed by atoms with Crippen LogP contribution in [0.5, 0.6) is 0 Å². The lowest BCUT2D eigenvalue weighted by atomic mass is 10.1. The summed E-state index contributed by atoms with van der Waals surface area (Å²) in [7, 11) is 0. The van der Waals surface area contributed by atoms with E-state index in [1.165, 1.54) is 0 Å². The van der Waals surface area contributed by atoms with Gasteiger partial charge in [0, 0.05) is 12.2 Å². The van der Waals surface area contributed by atoms with Crippen LogP contribution in [0.3, 0.4) is 0 Å². The fourth-order valence-corrected chi connectivity index (χ4v) is 1.45. The van der Waals surface area contributed by atoms with Gasteiger partial charge >= 0.3 is 0 Å². The molecule has 1 aromatic heterocycles. The standard InChI is InChI=1S/C11H14N4O/c1-8-4-5-9(7-13-8)14-15-10-3-2-6-12-11(10)16/h4-5,7,14H,2-3,6H2,1H3,(H,12,16)/b15-10+. The van der Waals surface area contributed by atoms with E-state index in [1.54, 1.807) is 6.20 Å². The van der Waals surface area contributed by atoms with Crippen LogP contribution >= 0.6 is 0 Å². The van der Waals surface area contributed by atoms with Crippen molar-refractivity contribution in [2.75, 3.05) is 12.0 Å². The second-order valence-electron chi connectivity index (χ2n) is 3.72. The van der Waals surface area contributed by atoms with Crippen molar-refractivity contribution >= 4 is 17.3 Å². The number of carbonyl (C=O) groups is 1. The molecule has 0 bridgehead atoms. The SMILES string of the molecule is Cc1ccc(N/N=C2\CCCNC2=O)cn1. The van der Waals surface area contributed by atoms with Crippen LogP contribution in [0.25, 0.3) is 0 Å². The summed E-state index contributed by atoms with van der Waals surface area (Å²) in [6.45, 7) is 2.66. The molecule has 0 atom stereocenters. The fourth-order valence-electron chi connectivity index (χ4n) is 1.45. The van der Waals surface area contributed by atoms with Gasteiger partial charge in [-0.05, 0) is 31.9 Å². The smallest absolute Gasteiger partial charge is 0.267 e. The molecule has 1 aromatic rings. The van der Waals surface area contributed by atoms with Crippen molar-refractivity contribution in [3.8, 4) is 0 Å². The Labute approximate surface area is 94.0 Å². The largest absolute Gasteiger partial charge is 0.351 e. The Morgan fingerprint density at radius 2 is 2.38 bits per heavy atom. The molecule has 0 radical (unpaired) electrons. The van der Waals surface area contributed by atoms with Gasteiger partial charge in [-0.15, -0.1) is 0 Å². The summed E-state index contributed by atoms with van der Waals surface area (Å²) in [6.07, 6.45) is 3.36. The first-order chi connectivity index (χ1) is 7.75. The molecule has 2 N–H and O–H groups in total. The van der Waals surface area contributed by atoms with Gasteiger partial charge in [-0.25, -0.2) is 0 Å². The number of aryl methyl sites for hydroxylation is 1. The van der Waals surface area contributed by atoms with Crippen LogP contribution < -0.4 is 10.7 Å². The number of hydrogen-bond acceptors (Lipinski definition) is 4. The third-order valence-electron chi connectivity index (χ3n) is 2.37. The zero-order valence-electron chi connectivity index (χ0n) is 9.16. The van der Waals surface area contributed by atoms with Gasteiger partial charge in [-0.1, -0.05) is 0 Å². The van der Waals surface area contributed by atoms with E-state index in [4.69, 9.17) is 0 Å². The molecule has 0 unspecified atom stereocenters. The molecule has 2 heterocycles. The quantitative estimate of drug-likeness (QED) is 0.730. The zero-order valence-corrected chi connectivity index (χ0v) is 9.16. The number of nitrogens with zero attached hydrogens (tertiary/aromatic N) is 2. The average Bonchev–Trinajstić information content (AvgIpc) is 2.30. The van der Waals surface area contributed by atoms with E-state index in [0.29, 0.717) is 5.71 Å². The highest BCUT2D eigenvalue weighted by molar-refractivity contribution is 6.39. The summed E-state index contributed by atoms with van der Waals surface area (Å²) < 4.78 is 0. The van der Waals surface area contributed by atoms with E-state index in [0.717, 1.165) is 30.8 Å². The van der Waals surface area contributed by atoms with Gasteiger partial charge in [0.2, 0.25) is 0 Å². The molecule has 0 aromatic carbocycles. The number of anilines is 1. The van der Waals surface area contributed by atoms with Gasteiger partial charge in [-0.2, -0.15) is 5.10 Å². The average molecular weight is 218 g/mol. The van der Waals surface area contributed by atoms with Gasteiger partial charge in [0.25, 0.3) is 5.91 Å². The third kappa shape index (κ3) is 2.56. The van der Waals surface area contributed by atoms with Crippen LogP contribution in [0.1, 0.15) is 18.5 Å². The number of pyridine rings is 1. The molecule has 5 heteroatoms. The first-order valence-corrected chi connectivity index (χ1v) is 5.29. The number of hydrazone groups is 1. The second-order valence-corrected chi connectivity index (χ2v) is 3.72. The summed E-state index contributed by atoms with van der Waals surface area (Å²) in [5.41, 5.74) is 5.13. The monoisotopic (exact) mass is 218 g/mol. The summed E-state index contributed by atoms with van der Waals surface area (Å²) in [5.74, 6) is -0.0844. The summed E-state index contributed by atoms with van der Waals surface area (Å²) in [6, 6.07) is 3.77. The van der Waals surface area contributed by atoms with Crippen LogP contribution in [0, 0.1) is 6.92 Å². The summed E-state index contributed by atoms with van der Waals surface area (Å²) in [4.78, 5) is 15.5. The van der Waals surface area contributed by atoms with Crippen LogP contribution in [-0.4, -0.2) is 23.1 Å². The summed E-state index contributed by atoms with van der Waals surface area (Å²) >= 11 is 0. The molecule has 1 fully saturated rings. The number of hydrogen-bond donors (Lipinski definition) is 2. The third-order valence-corrected chi connectivity index (χ3v) is 2.37. The van der Waals surface area contributed by atoms with Crippen molar-refractivity contribution in [3.63, 3.8) is 0 Å². The highest BCUT2D eigenvalue weighted by atomic mass is 16.2. The first kappa shape index (κ1) is 10.6. The van der Waals surface area contributed by atoms with Crippen LogP contribution in [0.4, 0.5) is 5.69 Å². The second kappa shape index (κ2) is 4.74. The van der Waals surface area contributed by atoms with Crippen molar-refractivity contribution in [1.29, 1.82) is 0 Å². The predicted octanol–water partition coefficient (Wildman–Crippen LogP) is 1.07. The van der Waals surface area contributed by atoms with E-state index < -0.39 is 0 Å². The molecule has 1 aliphatic rings. The van der Waals surface area contributed by atoms with Gasteiger partial charge in [0.15, 0.2) is 0 Å². The summed E-state index contributed by atoms with van der Waals surface area (Å²) in [5, 5.41) is 6.83. The van der Waals surface area contributed by atoms with E-state index >= 15 is 0 Å². The molecule has 84 valence electrons. The molecular weight excluding hydrogens is 204 g/mol. The van der Waals surface area contributed by atoms with Crippen molar-refractivity contribution in [1.82, 2.24) is 10.3 Å². The van der Waals surface area contributed by atoms with Crippen LogP contribution in [0.15, 0.2) is 23.4 Å². The maximum atomic E-state index is 11.4. The Bertz CT molecular complexity index is 410. The van der Waals surface area contributed by atoms with E-state index in [-0.39, 0.29) is 5.91 Å². The van der Waals surface area contributed by atoms with Gasteiger partial charge in [0.1, 0.15) is 5.71 Å². The minimum Gasteiger partial charge on any atom is -0.351 e. The molecule has 16 heavy (non-hydrogen) atoms. The molecular formula is C11H14N4O.